The van der Waals surface area contributed by atoms with Crippen LogP contribution in [0.1, 0.15) is 17.3 Å². The van der Waals surface area contributed by atoms with Crippen molar-refractivity contribution in [1.29, 1.82) is 0 Å². The maximum absolute atomic E-state index is 12.8. The fourth-order valence-electron chi connectivity index (χ4n) is 1.59. The van der Waals surface area contributed by atoms with Crippen molar-refractivity contribution in [1.82, 2.24) is 10.3 Å². The molecule has 84 valence electrons. The van der Waals surface area contributed by atoms with E-state index in [0.717, 1.165) is 12.1 Å². The molecule has 1 atom stereocenters. The lowest BCUT2D eigenvalue weighted by Gasteiger charge is -2.14. The van der Waals surface area contributed by atoms with E-state index in [0.29, 0.717) is 0 Å². The second-order valence-corrected chi connectivity index (χ2v) is 4.36. The molecule has 0 spiro atoms. The van der Waals surface area contributed by atoms with Crippen molar-refractivity contribution in [2.75, 3.05) is 7.05 Å². The lowest BCUT2D eigenvalue weighted by atomic mass is 10.1. The molecule has 2 nitrogen and oxygen atoms in total. The molecular formula is C12H13FN2S. The first-order valence-electron chi connectivity index (χ1n) is 5.09. The average Bonchev–Trinajstić information content (AvgIpc) is 2.80. The van der Waals surface area contributed by atoms with Crippen LogP contribution in [-0.2, 0) is 6.42 Å². The molecule has 2 rings (SSSR count). The van der Waals surface area contributed by atoms with E-state index < -0.39 is 0 Å². The van der Waals surface area contributed by atoms with E-state index >= 15 is 0 Å². The highest BCUT2D eigenvalue weighted by Crippen LogP contribution is 2.18. The number of nitrogens with zero attached hydrogens (tertiary/aromatic N) is 1. The zero-order valence-corrected chi connectivity index (χ0v) is 9.80. The Labute approximate surface area is 98.2 Å². The summed E-state index contributed by atoms with van der Waals surface area (Å²) < 4.78 is 12.8. The minimum Gasteiger partial charge on any atom is -0.311 e. The largest absolute Gasteiger partial charge is 0.311 e. The van der Waals surface area contributed by atoms with Crippen LogP contribution in [0.3, 0.4) is 0 Å². The number of likely N-dealkylation sites (N-methyl/N-ethyl adjacent to an activating group) is 1. The second kappa shape index (κ2) is 5.18. The Kier molecular flexibility index (Phi) is 3.64. The molecule has 0 radical (unpaired) electrons. The Hall–Kier alpha value is -1.26. The van der Waals surface area contributed by atoms with Gasteiger partial charge >= 0.3 is 0 Å². The molecular weight excluding hydrogens is 223 g/mol. The quantitative estimate of drug-likeness (QED) is 0.883. The van der Waals surface area contributed by atoms with E-state index in [9.17, 15) is 4.39 Å². The van der Waals surface area contributed by atoms with Gasteiger partial charge in [-0.1, -0.05) is 0 Å². The van der Waals surface area contributed by atoms with Crippen LogP contribution in [-0.4, -0.2) is 12.0 Å². The predicted octanol–water partition coefficient (Wildman–Crippen LogP) is 2.79. The highest BCUT2D eigenvalue weighted by atomic mass is 32.1. The smallest absolute Gasteiger partial charge is 0.141 e. The lowest BCUT2D eigenvalue weighted by molar-refractivity contribution is 0.566. The van der Waals surface area contributed by atoms with Gasteiger partial charge in [0.2, 0.25) is 0 Å². The van der Waals surface area contributed by atoms with E-state index in [2.05, 4.69) is 27.1 Å². The summed E-state index contributed by atoms with van der Waals surface area (Å²) in [5.74, 6) is -0.297. The van der Waals surface area contributed by atoms with Gasteiger partial charge in [-0.05, 0) is 48.0 Å². The van der Waals surface area contributed by atoms with Gasteiger partial charge in [-0.3, -0.25) is 4.98 Å². The van der Waals surface area contributed by atoms with Crippen molar-refractivity contribution in [2.24, 2.45) is 0 Å². The molecule has 2 aromatic heterocycles. The zero-order chi connectivity index (χ0) is 11.4. The molecule has 0 fully saturated rings. The number of hydrogen-bond donors (Lipinski definition) is 1. The first-order chi connectivity index (χ1) is 7.79. The molecule has 0 bridgehead atoms. The Bertz CT molecular complexity index is 425. The van der Waals surface area contributed by atoms with Crippen LogP contribution in [0.2, 0.25) is 0 Å². The van der Waals surface area contributed by atoms with Gasteiger partial charge in [0.1, 0.15) is 5.82 Å². The minimum absolute atomic E-state index is 0.134. The van der Waals surface area contributed by atoms with Gasteiger partial charge in [0.15, 0.2) is 0 Å². The van der Waals surface area contributed by atoms with Crippen molar-refractivity contribution in [3.05, 3.63) is 52.2 Å². The van der Waals surface area contributed by atoms with Gasteiger partial charge in [-0.15, -0.1) is 0 Å². The number of pyridine rings is 1. The van der Waals surface area contributed by atoms with Crippen LogP contribution < -0.4 is 5.32 Å². The molecule has 0 aromatic carbocycles. The highest BCUT2D eigenvalue weighted by molar-refractivity contribution is 7.07. The average molecular weight is 236 g/mol. The highest BCUT2D eigenvalue weighted by Gasteiger charge is 2.11. The summed E-state index contributed by atoms with van der Waals surface area (Å²) >= 11 is 1.68. The summed E-state index contributed by atoms with van der Waals surface area (Å²) in [4.78, 5) is 4.10. The third-order valence-corrected chi connectivity index (χ3v) is 3.21. The van der Waals surface area contributed by atoms with Gasteiger partial charge in [-0.2, -0.15) is 11.3 Å². The molecule has 0 aliphatic heterocycles. The monoisotopic (exact) mass is 236 g/mol. The molecule has 0 aliphatic carbocycles. The lowest BCUT2D eigenvalue weighted by Crippen LogP contribution is -2.19. The number of halogens is 1. The first kappa shape index (κ1) is 11.2. The summed E-state index contributed by atoms with van der Waals surface area (Å²) in [7, 11) is 1.89. The number of thiophene rings is 1. The van der Waals surface area contributed by atoms with Crippen LogP contribution >= 0.6 is 11.3 Å². The molecule has 1 N–H and O–H groups in total. The summed E-state index contributed by atoms with van der Waals surface area (Å²) in [6.45, 7) is 0. The fourth-order valence-corrected chi connectivity index (χ4v) is 2.27. The summed E-state index contributed by atoms with van der Waals surface area (Å²) in [5, 5.41) is 7.37. The summed E-state index contributed by atoms with van der Waals surface area (Å²) in [6.07, 6.45) is 2.13. The van der Waals surface area contributed by atoms with Crippen molar-refractivity contribution in [3.8, 4) is 0 Å². The van der Waals surface area contributed by atoms with Gasteiger partial charge in [0.05, 0.1) is 17.9 Å². The molecule has 4 heteroatoms. The number of rotatable bonds is 4. The van der Waals surface area contributed by atoms with E-state index in [1.54, 1.807) is 17.4 Å². The predicted molar refractivity (Wildman–Crippen MR) is 64.0 cm³/mol. The van der Waals surface area contributed by atoms with Crippen LogP contribution in [0.25, 0.3) is 0 Å². The van der Waals surface area contributed by atoms with Gasteiger partial charge in [0, 0.05) is 0 Å². The summed E-state index contributed by atoms with van der Waals surface area (Å²) in [6, 6.07) is 5.40. The molecule has 2 heterocycles. The Balaban J connectivity index is 2.13. The molecule has 0 amide bonds. The SMILES string of the molecule is CNC(Cc1ccsc1)c1ccc(F)cn1. The Morgan fingerprint density at radius 2 is 2.31 bits per heavy atom. The Morgan fingerprint density at radius 1 is 1.44 bits per heavy atom. The third kappa shape index (κ3) is 2.65. The molecule has 0 saturated carbocycles. The molecule has 1 unspecified atom stereocenters. The number of aromatic nitrogens is 1. The Morgan fingerprint density at radius 3 is 2.88 bits per heavy atom. The van der Waals surface area contributed by atoms with Gasteiger partial charge in [-0.25, -0.2) is 4.39 Å². The van der Waals surface area contributed by atoms with E-state index in [1.807, 2.05) is 7.05 Å². The normalized spacial score (nSPS) is 12.6. The van der Waals surface area contributed by atoms with Crippen LogP contribution in [0, 0.1) is 5.82 Å². The maximum Gasteiger partial charge on any atom is 0.141 e. The first-order valence-corrected chi connectivity index (χ1v) is 6.03. The second-order valence-electron chi connectivity index (χ2n) is 3.58. The van der Waals surface area contributed by atoms with Gasteiger partial charge in [0.25, 0.3) is 0 Å². The third-order valence-electron chi connectivity index (χ3n) is 2.48. The standard InChI is InChI=1S/C12H13FN2S/c1-14-12(6-9-4-5-16-8-9)11-3-2-10(13)7-15-11/h2-5,7-8,12,14H,6H2,1H3. The summed E-state index contributed by atoms with van der Waals surface area (Å²) in [5.41, 5.74) is 2.14. The minimum atomic E-state index is -0.297. The number of nitrogens with one attached hydrogen (secondary N) is 1. The van der Waals surface area contributed by atoms with Crippen molar-refractivity contribution in [3.63, 3.8) is 0 Å². The molecule has 0 aliphatic rings. The molecule has 2 aromatic rings. The molecule has 16 heavy (non-hydrogen) atoms. The van der Waals surface area contributed by atoms with Crippen molar-refractivity contribution >= 4 is 11.3 Å². The van der Waals surface area contributed by atoms with Crippen molar-refractivity contribution in [2.45, 2.75) is 12.5 Å². The van der Waals surface area contributed by atoms with Crippen LogP contribution in [0.4, 0.5) is 4.39 Å². The number of hydrogen-bond acceptors (Lipinski definition) is 3. The topological polar surface area (TPSA) is 24.9 Å². The van der Waals surface area contributed by atoms with Crippen LogP contribution in [0.5, 0.6) is 0 Å². The van der Waals surface area contributed by atoms with E-state index in [4.69, 9.17) is 0 Å². The van der Waals surface area contributed by atoms with Crippen molar-refractivity contribution < 1.29 is 4.39 Å². The van der Waals surface area contributed by atoms with E-state index in [1.165, 1.54) is 17.8 Å². The van der Waals surface area contributed by atoms with E-state index in [-0.39, 0.29) is 11.9 Å². The maximum atomic E-state index is 12.8. The zero-order valence-electron chi connectivity index (χ0n) is 8.98. The molecule has 0 saturated heterocycles. The van der Waals surface area contributed by atoms with Crippen LogP contribution in [0.15, 0.2) is 35.2 Å². The van der Waals surface area contributed by atoms with Gasteiger partial charge < -0.3 is 5.32 Å². The fraction of sp³-hybridized carbons (Fsp3) is 0.250.